The van der Waals surface area contributed by atoms with E-state index in [1.165, 1.54) is 0 Å². The maximum atomic E-state index is 14.0. The molecule has 0 aromatic heterocycles. The first kappa shape index (κ1) is 26.5. The summed E-state index contributed by atoms with van der Waals surface area (Å²) < 4.78 is 6.53. The Morgan fingerprint density at radius 2 is 1.60 bits per heavy atom. The van der Waals surface area contributed by atoms with E-state index < -0.39 is 29.6 Å². The molecule has 3 amide bonds. The minimum Gasteiger partial charge on any atom is -0.396 e. The van der Waals surface area contributed by atoms with Gasteiger partial charge < -0.3 is 25.4 Å². The fraction of sp³-hybridized carbons (Fsp3) is 0.406. The number of rotatable bonds is 10. The van der Waals surface area contributed by atoms with Gasteiger partial charge in [0, 0.05) is 24.5 Å². The quantitative estimate of drug-likeness (QED) is 0.331. The Morgan fingerprint density at radius 3 is 2.40 bits per heavy atom. The van der Waals surface area contributed by atoms with Crippen LogP contribution in [0.25, 0.3) is 10.8 Å². The molecule has 2 bridgehead atoms. The van der Waals surface area contributed by atoms with Crippen LogP contribution >= 0.6 is 0 Å². The summed E-state index contributed by atoms with van der Waals surface area (Å²) in [5.74, 6) is -2.08. The van der Waals surface area contributed by atoms with Crippen LogP contribution in [0.4, 0.5) is 11.4 Å². The van der Waals surface area contributed by atoms with E-state index in [-0.39, 0.29) is 24.3 Å². The van der Waals surface area contributed by atoms with Crippen molar-refractivity contribution >= 4 is 39.9 Å². The van der Waals surface area contributed by atoms with Gasteiger partial charge in [0.15, 0.2) is 0 Å². The predicted molar refractivity (Wildman–Crippen MR) is 153 cm³/mol. The third-order valence-corrected chi connectivity index (χ3v) is 8.72. The SMILES string of the molecule is O=C(Nc1ccc2ccccc2c1)C1N(CCCCCCO)C(=O)[C@@H]2[C@H](C(=O)Nc3ccccc3)[C@@H]3CCC12O3. The molecule has 0 saturated carbocycles. The van der Waals surface area contributed by atoms with Gasteiger partial charge in [0.2, 0.25) is 17.7 Å². The molecule has 0 aliphatic carbocycles. The number of nitrogens with one attached hydrogen (secondary N) is 2. The third kappa shape index (κ3) is 4.65. The molecule has 40 heavy (non-hydrogen) atoms. The summed E-state index contributed by atoms with van der Waals surface area (Å²) in [5.41, 5.74) is 0.290. The summed E-state index contributed by atoms with van der Waals surface area (Å²) in [4.78, 5) is 43.3. The molecule has 3 aliphatic heterocycles. The zero-order chi connectivity index (χ0) is 27.7. The summed E-state index contributed by atoms with van der Waals surface area (Å²) in [5, 5.41) is 17.2. The Labute approximate surface area is 233 Å². The van der Waals surface area contributed by atoms with Crippen molar-refractivity contribution in [3.8, 4) is 0 Å². The highest BCUT2D eigenvalue weighted by molar-refractivity contribution is 6.05. The van der Waals surface area contributed by atoms with Gasteiger partial charge in [0.1, 0.15) is 11.6 Å². The Balaban J connectivity index is 1.28. The molecule has 1 spiro atoms. The summed E-state index contributed by atoms with van der Waals surface area (Å²) in [6.07, 6.45) is 3.88. The first-order chi connectivity index (χ1) is 19.5. The molecule has 3 aromatic rings. The van der Waals surface area contributed by atoms with Crippen molar-refractivity contribution in [1.82, 2.24) is 4.90 Å². The van der Waals surface area contributed by atoms with E-state index in [1.807, 2.05) is 72.8 Å². The monoisotopic (exact) mass is 541 g/mol. The molecule has 3 fully saturated rings. The first-order valence-corrected chi connectivity index (χ1v) is 14.3. The number of carbonyl (C=O) groups is 3. The largest absolute Gasteiger partial charge is 0.396 e. The van der Waals surface area contributed by atoms with Gasteiger partial charge in [-0.05, 0) is 60.7 Å². The van der Waals surface area contributed by atoms with Gasteiger partial charge in [-0.3, -0.25) is 14.4 Å². The molecule has 208 valence electrons. The lowest BCUT2D eigenvalue weighted by Crippen LogP contribution is -2.53. The Bertz CT molecular complexity index is 1410. The van der Waals surface area contributed by atoms with Gasteiger partial charge >= 0.3 is 0 Å². The zero-order valence-corrected chi connectivity index (χ0v) is 22.4. The van der Waals surface area contributed by atoms with Crippen LogP contribution < -0.4 is 10.6 Å². The highest BCUT2D eigenvalue weighted by atomic mass is 16.5. The van der Waals surface area contributed by atoms with Gasteiger partial charge in [-0.25, -0.2) is 0 Å². The van der Waals surface area contributed by atoms with E-state index in [9.17, 15) is 14.4 Å². The molecular formula is C32H35N3O5. The lowest BCUT2D eigenvalue weighted by Gasteiger charge is -2.33. The number of benzene rings is 3. The van der Waals surface area contributed by atoms with Crippen molar-refractivity contribution in [1.29, 1.82) is 0 Å². The van der Waals surface area contributed by atoms with E-state index >= 15 is 0 Å². The van der Waals surface area contributed by atoms with Crippen molar-refractivity contribution in [2.24, 2.45) is 11.8 Å². The highest BCUT2D eigenvalue weighted by Gasteiger charge is 2.74. The molecular weight excluding hydrogens is 506 g/mol. The predicted octanol–water partition coefficient (Wildman–Crippen LogP) is 4.34. The van der Waals surface area contributed by atoms with Crippen LogP contribution in [0.2, 0.25) is 0 Å². The molecule has 3 aromatic carbocycles. The molecule has 0 radical (unpaired) electrons. The van der Waals surface area contributed by atoms with Gasteiger partial charge in [-0.2, -0.15) is 0 Å². The molecule has 8 heteroatoms. The molecule has 3 N–H and O–H groups in total. The Morgan fingerprint density at radius 1 is 0.875 bits per heavy atom. The number of carbonyl (C=O) groups excluding carboxylic acids is 3. The zero-order valence-electron chi connectivity index (χ0n) is 22.4. The minimum absolute atomic E-state index is 0.137. The number of unbranched alkanes of at least 4 members (excludes halogenated alkanes) is 3. The number of nitrogens with zero attached hydrogens (tertiary/aromatic N) is 1. The lowest BCUT2D eigenvalue weighted by molar-refractivity contribution is -0.139. The summed E-state index contributed by atoms with van der Waals surface area (Å²) >= 11 is 0. The van der Waals surface area contributed by atoms with Crippen molar-refractivity contribution < 1.29 is 24.2 Å². The van der Waals surface area contributed by atoms with E-state index in [0.29, 0.717) is 43.6 Å². The average Bonchev–Trinajstić information content (AvgIpc) is 3.61. The van der Waals surface area contributed by atoms with E-state index in [1.54, 1.807) is 4.90 Å². The van der Waals surface area contributed by atoms with Crippen LogP contribution in [0.1, 0.15) is 38.5 Å². The molecule has 3 saturated heterocycles. The summed E-state index contributed by atoms with van der Waals surface area (Å²) in [6, 6.07) is 22.1. The second-order valence-corrected chi connectivity index (χ2v) is 11.1. The first-order valence-electron chi connectivity index (χ1n) is 14.3. The number of fused-ring (bicyclic) bond motifs is 2. The number of hydrogen-bond acceptors (Lipinski definition) is 5. The number of para-hydroxylation sites is 1. The number of aliphatic hydroxyl groups excluding tert-OH is 1. The smallest absolute Gasteiger partial charge is 0.250 e. The highest BCUT2D eigenvalue weighted by Crippen LogP contribution is 2.58. The number of ether oxygens (including phenoxy) is 1. The Kier molecular flexibility index (Phi) is 7.29. The standard InChI is InChI=1S/C32H35N3O5/c36-19-9-2-1-8-18-35-28(30(38)34-24-15-14-21-10-6-7-11-22(21)20-24)32-17-16-25(40-32)26(27(32)31(35)39)29(37)33-23-12-4-3-5-13-23/h3-7,10-15,20,25-28,36H,1-2,8-9,16-19H2,(H,33,37)(H,34,38)/t25-,26+,27-,28?,32?/m0/s1. The van der Waals surface area contributed by atoms with E-state index in [0.717, 1.165) is 23.6 Å². The molecule has 5 atom stereocenters. The van der Waals surface area contributed by atoms with Crippen molar-refractivity contribution in [3.05, 3.63) is 72.8 Å². The van der Waals surface area contributed by atoms with Crippen LogP contribution in [-0.4, -0.2) is 58.6 Å². The van der Waals surface area contributed by atoms with Gasteiger partial charge in [-0.1, -0.05) is 61.4 Å². The number of likely N-dealkylation sites (tertiary alicyclic amines) is 1. The average molecular weight is 542 g/mol. The second kappa shape index (κ2) is 11.0. The maximum absolute atomic E-state index is 14.0. The van der Waals surface area contributed by atoms with E-state index in [2.05, 4.69) is 10.6 Å². The summed E-state index contributed by atoms with van der Waals surface area (Å²) in [6.45, 7) is 0.539. The molecule has 3 aliphatic rings. The molecule has 2 unspecified atom stereocenters. The number of aliphatic hydroxyl groups is 1. The van der Waals surface area contributed by atoms with Crippen LogP contribution in [-0.2, 0) is 19.1 Å². The topological polar surface area (TPSA) is 108 Å². The van der Waals surface area contributed by atoms with Gasteiger partial charge in [0.05, 0.1) is 17.9 Å². The van der Waals surface area contributed by atoms with Crippen LogP contribution in [0.15, 0.2) is 72.8 Å². The van der Waals surface area contributed by atoms with Gasteiger partial charge in [-0.15, -0.1) is 0 Å². The molecule has 3 heterocycles. The normalized spacial score (nSPS) is 26.7. The van der Waals surface area contributed by atoms with Gasteiger partial charge in [0.25, 0.3) is 0 Å². The van der Waals surface area contributed by atoms with Crippen LogP contribution in [0.5, 0.6) is 0 Å². The van der Waals surface area contributed by atoms with Crippen LogP contribution in [0.3, 0.4) is 0 Å². The number of amides is 3. The van der Waals surface area contributed by atoms with Crippen molar-refractivity contribution in [2.75, 3.05) is 23.8 Å². The minimum atomic E-state index is -1.04. The van der Waals surface area contributed by atoms with Crippen molar-refractivity contribution in [3.63, 3.8) is 0 Å². The van der Waals surface area contributed by atoms with E-state index in [4.69, 9.17) is 9.84 Å². The molecule has 8 nitrogen and oxygen atoms in total. The summed E-state index contributed by atoms with van der Waals surface area (Å²) in [7, 11) is 0. The second-order valence-electron chi connectivity index (χ2n) is 11.1. The fourth-order valence-electron chi connectivity index (χ4n) is 6.97. The van der Waals surface area contributed by atoms with Crippen LogP contribution in [0, 0.1) is 11.8 Å². The third-order valence-electron chi connectivity index (χ3n) is 8.72. The molecule has 6 rings (SSSR count). The lowest BCUT2D eigenvalue weighted by atomic mass is 9.70. The maximum Gasteiger partial charge on any atom is 0.250 e. The fourth-order valence-corrected chi connectivity index (χ4v) is 6.97. The number of hydrogen-bond donors (Lipinski definition) is 3. The Hall–Kier alpha value is -3.75. The number of anilines is 2. The van der Waals surface area contributed by atoms with Crippen molar-refractivity contribution in [2.45, 2.75) is 56.3 Å².